The first-order chi connectivity index (χ1) is 12.5. The van der Waals surface area contributed by atoms with E-state index >= 15 is 0 Å². The zero-order valence-corrected chi connectivity index (χ0v) is 15.1. The number of nitro groups is 1. The predicted octanol–water partition coefficient (Wildman–Crippen LogP) is 3.85. The van der Waals surface area contributed by atoms with Crippen LogP contribution in [0.4, 0.5) is 17.1 Å². The van der Waals surface area contributed by atoms with Crippen molar-refractivity contribution in [3.8, 4) is 5.75 Å². The molecule has 1 N–H and O–H groups in total. The van der Waals surface area contributed by atoms with Crippen molar-refractivity contribution in [3.63, 3.8) is 0 Å². The molecule has 0 radical (unpaired) electrons. The summed E-state index contributed by atoms with van der Waals surface area (Å²) in [5.41, 5.74) is 1.55. The molecule has 0 spiro atoms. The molecule has 7 nitrogen and oxygen atoms in total. The van der Waals surface area contributed by atoms with E-state index in [4.69, 9.17) is 4.74 Å². The predicted molar refractivity (Wildman–Crippen MR) is 102 cm³/mol. The van der Waals surface area contributed by atoms with Gasteiger partial charge >= 0.3 is 5.69 Å². The summed E-state index contributed by atoms with van der Waals surface area (Å²) < 4.78 is 5.48. The topological polar surface area (TPSA) is 84.7 Å². The third kappa shape index (κ3) is 4.72. The van der Waals surface area contributed by atoms with E-state index < -0.39 is 11.0 Å². The summed E-state index contributed by atoms with van der Waals surface area (Å²) in [6.07, 6.45) is -0.876. The Kier molecular flexibility index (Phi) is 6.54. The molecule has 0 bridgehead atoms. The summed E-state index contributed by atoms with van der Waals surface area (Å²) in [6, 6.07) is 13.5. The number of para-hydroxylation sites is 2. The second kappa shape index (κ2) is 8.84. The lowest BCUT2D eigenvalue weighted by molar-refractivity contribution is -0.386. The molecule has 1 amide bonds. The maximum absolute atomic E-state index is 12.3. The van der Waals surface area contributed by atoms with Crippen LogP contribution in [-0.2, 0) is 4.79 Å². The van der Waals surface area contributed by atoms with Crippen LogP contribution in [0.2, 0.25) is 0 Å². The molecule has 0 aromatic heterocycles. The van der Waals surface area contributed by atoms with Gasteiger partial charge in [0.25, 0.3) is 5.91 Å². The molecule has 0 fully saturated rings. The van der Waals surface area contributed by atoms with Gasteiger partial charge in [0.2, 0.25) is 0 Å². The van der Waals surface area contributed by atoms with Crippen LogP contribution in [0.3, 0.4) is 0 Å². The summed E-state index contributed by atoms with van der Waals surface area (Å²) in [7, 11) is 0. The van der Waals surface area contributed by atoms with Gasteiger partial charge in [0.05, 0.1) is 4.92 Å². The molecular formula is C19H23N3O4. The molecule has 0 aliphatic heterocycles. The Balaban J connectivity index is 2.02. The van der Waals surface area contributed by atoms with Gasteiger partial charge < -0.3 is 15.0 Å². The average molecular weight is 357 g/mol. The monoisotopic (exact) mass is 357 g/mol. The molecule has 2 aromatic carbocycles. The summed E-state index contributed by atoms with van der Waals surface area (Å²) in [5, 5.41) is 13.8. The molecule has 7 heteroatoms. The molecule has 0 saturated heterocycles. The van der Waals surface area contributed by atoms with E-state index in [-0.39, 0.29) is 17.3 Å². The molecule has 0 saturated carbocycles. The summed E-state index contributed by atoms with van der Waals surface area (Å²) >= 11 is 0. The van der Waals surface area contributed by atoms with E-state index in [0.717, 1.165) is 18.8 Å². The molecule has 0 unspecified atom stereocenters. The first kappa shape index (κ1) is 19.2. The number of benzene rings is 2. The smallest absolute Gasteiger partial charge is 0.310 e. The Morgan fingerprint density at radius 2 is 1.77 bits per heavy atom. The molecule has 1 atom stereocenters. The highest BCUT2D eigenvalue weighted by atomic mass is 16.6. The molecule has 26 heavy (non-hydrogen) atoms. The van der Waals surface area contributed by atoms with E-state index in [0.29, 0.717) is 5.69 Å². The van der Waals surface area contributed by atoms with Gasteiger partial charge in [-0.05, 0) is 51.1 Å². The van der Waals surface area contributed by atoms with E-state index in [1.54, 1.807) is 19.1 Å². The van der Waals surface area contributed by atoms with Crippen molar-refractivity contribution in [2.24, 2.45) is 0 Å². The van der Waals surface area contributed by atoms with Gasteiger partial charge in [-0.15, -0.1) is 0 Å². The Morgan fingerprint density at radius 1 is 1.15 bits per heavy atom. The van der Waals surface area contributed by atoms with Crippen LogP contribution in [0.1, 0.15) is 20.8 Å². The SMILES string of the molecule is CCN(CC)c1ccc(NC(=O)[C@H](C)Oc2ccccc2[N+](=O)[O-])cc1. The fourth-order valence-electron chi connectivity index (χ4n) is 2.54. The first-order valence-corrected chi connectivity index (χ1v) is 8.52. The van der Waals surface area contributed by atoms with Crippen LogP contribution in [0, 0.1) is 10.1 Å². The van der Waals surface area contributed by atoms with Crippen LogP contribution in [-0.4, -0.2) is 30.0 Å². The third-order valence-electron chi connectivity index (χ3n) is 4.00. The zero-order valence-electron chi connectivity index (χ0n) is 15.1. The largest absolute Gasteiger partial charge is 0.474 e. The van der Waals surface area contributed by atoms with Gasteiger partial charge in [0, 0.05) is 30.5 Å². The van der Waals surface area contributed by atoms with Gasteiger partial charge in [-0.25, -0.2) is 0 Å². The summed E-state index contributed by atoms with van der Waals surface area (Å²) in [4.78, 5) is 25.0. The second-order valence-electron chi connectivity index (χ2n) is 5.69. The van der Waals surface area contributed by atoms with E-state index in [2.05, 4.69) is 24.1 Å². The van der Waals surface area contributed by atoms with Crippen molar-refractivity contribution in [2.45, 2.75) is 26.9 Å². The highest BCUT2D eigenvalue weighted by molar-refractivity contribution is 5.94. The number of hydrogen-bond acceptors (Lipinski definition) is 5. The third-order valence-corrected chi connectivity index (χ3v) is 4.00. The van der Waals surface area contributed by atoms with Gasteiger partial charge in [0.1, 0.15) is 0 Å². The average Bonchev–Trinajstić information content (AvgIpc) is 2.64. The number of amides is 1. The van der Waals surface area contributed by atoms with Crippen LogP contribution >= 0.6 is 0 Å². The van der Waals surface area contributed by atoms with E-state index in [9.17, 15) is 14.9 Å². The van der Waals surface area contributed by atoms with Crippen LogP contribution in [0.15, 0.2) is 48.5 Å². The molecular weight excluding hydrogens is 334 g/mol. The van der Waals surface area contributed by atoms with Crippen LogP contribution < -0.4 is 15.0 Å². The molecule has 0 heterocycles. The highest BCUT2D eigenvalue weighted by Gasteiger charge is 2.20. The van der Waals surface area contributed by atoms with Crippen molar-refractivity contribution < 1.29 is 14.5 Å². The minimum Gasteiger partial charge on any atom is -0.474 e. The Labute approximate surface area is 152 Å². The number of rotatable bonds is 8. The van der Waals surface area contributed by atoms with Gasteiger partial charge in [-0.3, -0.25) is 14.9 Å². The fraction of sp³-hybridized carbons (Fsp3) is 0.316. The quantitative estimate of drug-likeness (QED) is 0.573. The number of nitrogens with one attached hydrogen (secondary N) is 1. The number of nitrogens with zero attached hydrogens (tertiary/aromatic N) is 2. The summed E-state index contributed by atoms with van der Waals surface area (Å²) in [6.45, 7) is 7.53. The van der Waals surface area contributed by atoms with Gasteiger partial charge in [-0.1, -0.05) is 12.1 Å². The lowest BCUT2D eigenvalue weighted by Gasteiger charge is -2.21. The highest BCUT2D eigenvalue weighted by Crippen LogP contribution is 2.27. The minimum atomic E-state index is -0.876. The normalized spacial score (nSPS) is 11.5. The van der Waals surface area contributed by atoms with Gasteiger partial charge in [-0.2, -0.15) is 0 Å². The number of anilines is 2. The lowest BCUT2D eigenvalue weighted by Crippen LogP contribution is -2.30. The fourth-order valence-corrected chi connectivity index (χ4v) is 2.54. The number of carbonyl (C=O) groups is 1. The van der Waals surface area contributed by atoms with Crippen LogP contribution in [0.5, 0.6) is 5.75 Å². The molecule has 2 rings (SSSR count). The Hall–Kier alpha value is -3.09. The van der Waals surface area contributed by atoms with Crippen LogP contribution in [0.25, 0.3) is 0 Å². The van der Waals surface area contributed by atoms with Crippen molar-refractivity contribution in [1.82, 2.24) is 0 Å². The second-order valence-corrected chi connectivity index (χ2v) is 5.69. The molecule has 2 aromatic rings. The van der Waals surface area contributed by atoms with E-state index in [1.165, 1.54) is 12.1 Å². The van der Waals surface area contributed by atoms with Gasteiger partial charge in [0.15, 0.2) is 11.9 Å². The first-order valence-electron chi connectivity index (χ1n) is 8.52. The Bertz CT molecular complexity index is 758. The van der Waals surface area contributed by atoms with Crippen molar-refractivity contribution in [2.75, 3.05) is 23.3 Å². The lowest BCUT2D eigenvalue weighted by atomic mass is 10.2. The number of carbonyl (C=O) groups excluding carboxylic acids is 1. The van der Waals surface area contributed by atoms with Crippen molar-refractivity contribution in [1.29, 1.82) is 0 Å². The molecule has 0 aliphatic rings. The van der Waals surface area contributed by atoms with Crippen molar-refractivity contribution in [3.05, 3.63) is 58.6 Å². The number of hydrogen-bond donors (Lipinski definition) is 1. The maximum atomic E-state index is 12.3. The zero-order chi connectivity index (χ0) is 19.1. The summed E-state index contributed by atoms with van der Waals surface area (Å²) in [5.74, 6) is -0.309. The number of ether oxygens (including phenoxy) is 1. The van der Waals surface area contributed by atoms with E-state index in [1.807, 2.05) is 24.3 Å². The molecule has 0 aliphatic carbocycles. The standard InChI is InChI=1S/C19H23N3O4/c1-4-21(5-2)16-12-10-15(11-13-16)20-19(23)14(3)26-18-9-7-6-8-17(18)22(24)25/h6-14H,4-5H2,1-3H3,(H,20,23)/t14-/m0/s1. The molecule has 138 valence electrons. The van der Waals surface area contributed by atoms with Crippen molar-refractivity contribution >= 4 is 23.0 Å². The maximum Gasteiger partial charge on any atom is 0.310 e. The Morgan fingerprint density at radius 3 is 2.35 bits per heavy atom. The number of nitro benzene ring substituents is 1. The minimum absolute atomic E-state index is 0.0667.